The number of hydrogen-bond donors (Lipinski definition) is 2. The highest BCUT2D eigenvalue weighted by Gasteiger charge is 2.04. The Morgan fingerprint density at radius 1 is 1.24 bits per heavy atom. The summed E-state index contributed by atoms with van der Waals surface area (Å²) in [6.07, 6.45) is 1.41. The lowest BCUT2D eigenvalue weighted by atomic mass is 10.1. The van der Waals surface area contributed by atoms with Crippen molar-refractivity contribution in [3.63, 3.8) is 0 Å². The highest BCUT2D eigenvalue weighted by Crippen LogP contribution is 2.15. The quantitative estimate of drug-likeness (QED) is 0.669. The molecule has 2 aromatic rings. The average molecular weight is 284 g/mol. The van der Waals surface area contributed by atoms with Gasteiger partial charge in [-0.3, -0.25) is 4.79 Å². The smallest absolute Gasteiger partial charge is 0.271 e. The molecule has 0 fully saturated rings. The van der Waals surface area contributed by atoms with Gasteiger partial charge >= 0.3 is 0 Å². The molecule has 0 spiro atoms. The average Bonchev–Trinajstić information content (AvgIpc) is 2.50. The lowest BCUT2D eigenvalue weighted by Gasteiger charge is -2.03. The van der Waals surface area contributed by atoms with Crippen LogP contribution < -0.4 is 10.2 Å². The van der Waals surface area contributed by atoms with Gasteiger partial charge in [-0.2, -0.15) is 5.10 Å². The van der Waals surface area contributed by atoms with Crippen molar-refractivity contribution in [3.8, 4) is 11.5 Å². The molecular formula is C16H16N2O3. The van der Waals surface area contributed by atoms with Crippen LogP contribution in [0.15, 0.2) is 47.6 Å². The number of phenolic OH excluding ortho intramolecular Hbond substituents is 1. The Morgan fingerprint density at radius 2 is 1.95 bits per heavy atom. The predicted octanol–water partition coefficient (Wildman–Crippen LogP) is 2.47. The molecule has 0 unspecified atom stereocenters. The number of carbonyl (C=O) groups excluding carboxylic acids is 1. The Morgan fingerprint density at radius 3 is 2.62 bits per heavy atom. The van der Waals surface area contributed by atoms with Crippen molar-refractivity contribution in [2.75, 3.05) is 7.11 Å². The third-order valence-electron chi connectivity index (χ3n) is 2.90. The number of amides is 1. The molecule has 2 N–H and O–H groups in total. The van der Waals surface area contributed by atoms with E-state index in [2.05, 4.69) is 10.5 Å². The molecule has 0 aliphatic heterocycles. The summed E-state index contributed by atoms with van der Waals surface area (Å²) in [6.45, 7) is 1.91. The second-order valence-electron chi connectivity index (χ2n) is 4.49. The Bertz CT molecular complexity index is 664. The summed E-state index contributed by atoms with van der Waals surface area (Å²) in [5.41, 5.74) is 4.43. The van der Waals surface area contributed by atoms with Crippen LogP contribution in [0.3, 0.4) is 0 Å². The van der Waals surface area contributed by atoms with Gasteiger partial charge in [0, 0.05) is 11.1 Å². The number of carbonyl (C=O) groups is 1. The third kappa shape index (κ3) is 3.82. The number of hydrogen-bond acceptors (Lipinski definition) is 4. The highest BCUT2D eigenvalue weighted by atomic mass is 16.5. The standard InChI is InChI=1S/C16H16N2O3/c1-11-3-8-15(19)13(9-11)10-17-18-16(20)12-4-6-14(21-2)7-5-12/h3-10,19H,1-2H3,(H,18,20)/b17-10+. The molecule has 0 aliphatic rings. The summed E-state index contributed by atoms with van der Waals surface area (Å²) in [5, 5.41) is 13.5. The minimum Gasteiger partial charge on any atom is -0.507 e. The Kier molecular flexibility index (Phi) is 4.56. The first-order valence-corrected chi connectivity index (χ1v) is 6.37. The van der Waals surface area contributed by atoms with Gasteiger partial charge in [0.2, 0.25) is 0 Å². The molecule has 0 heterocycles. The number of hydrazone groups is 1. The summed E-state index contributed by atoms with van der Waals surface area (Å²) in [4.78, 5) is 11.9. The number of nitrogens with zero attached hydrogens (tertiary/aromatic N) is 1. The number of aryl methyl sites for hydroxylation is 1. The van der Waals surface area contributed by atoms with E-state index >= 15 is 0 Å². The molecule has 0 aliphatic carbocycles. The van der Waals surface area contributed by atoms with E-state index in [1.807, 2.05) is 6.92 Å². The molecule has 0 bridgehead atoms. The molecule has 2 rings (SSSR count). The van der Waals surface area contributed by atoms with Gasteiger partial charge in [0.05, 0.1) is 13.3 Å². The van der Waals surface area contributed by atoms with Crippen LogP contribution in [0.1, 0.15) is 21.5 Å². The van der Waals surface area contributed by atoms with Crippen molar-refractivity contribution < 1.29 is 14.6 Å². The van der Waals surface area contributed by atoms with E-state index in [-0.39, 0.29) is 11.7 Å². The largest absolute Gasteiger partial charge is 0.507 e. The normalized spacial score (nSPS) is 10.6. The topological polar surface area (TPSA) is 70.9 Å². The summed E-state index contributed by atoms with van der Waals surface area (Å²) in [7, 11) is 1.56. The van der Waals surface area contributed by atoms with Crippen molar-refractivity contribution >= 4 is 12.1 Å². The van der Waals surface area contributed by atoms with Crippen molar-refractivity contribution in [1.29, 1.82) is 0 Å². The van der Waals surface area contributed by atoms with Gasteiger partial charge in [0.25, 0.3) is 5.91 Å². The van der Waals surface area contributed by atoms with Gasteiger partial charge < -0.3 is 9.84 Å². The van der Waals surface area contributed by atoms with Crippen molar-refractivity contribution in [1.82, 2.24) is 5.43 Å². The van der Waals surface area contributed by atoms with Crippen LogP contribution in [-0.2, 0) is 0 Å². The molecule has 0 saturated heterocycles. The minimum absolute atomic E-state index is 0.114. The number of methoxy groups -OCH3 is 1. The summed E-state index contributed by atoms with van der Waals surface area (Å²) < 4.78 is 5.02. The van der Waals surface area contributed by atoms with Gasteiger partial charge in [-0.05, 0) is 43.3 Å². The number of ether oxygens (including phenoxy) is 1. The predicted molar refractivity (Wildman–Crippen MR) is 80.9 cm³/mol. The van der Waals surface area contributed by atoms with Gasteiger partial charge in [-0.15, -0.1) is 0 Å². The fourth-order valence-corrected chi connectivity index (χ4v) is 1.74. The van der Waals surface area contributed by atoms with Crippen LogP contribution >= 0.6 is 0 Å². The van der Waals surface area contributed by atoms with E-state index in [9.17, 15) is 9.90 Å². The highest BCUT2D eigenvalue weighted by molar-refractivity contribution is 5.95. The fraction of sp³-hybridized carbons (Fsp3) is 0.125. The number of nitrogens with one attached hydrogen (secondary N) is 1. The molecule has 5 nitrogen and oxygen atoms in total. The summed E-state index contributed by atoms with van der Waals surface area (Å²) >= 11 is 0. The van der Waals surface area contributed by atoms with Crippen LogP contribution in [-0.4, -0.2) is 24.3 Å². The third-order valence-corrected chi connectivity index (χ3v) is 2.90. The molecule has 108 valence electrons. The second kappa shape index (κ2) is 6.56. The minimum atomic E-state index is -0.332. The van der Waals surface area contributed by atoms with Crippen LogP contribution in [0.25, 0.3) is 0 Å². The first-order valence-electron chi connectivity index (χ1n) is 6.37. The lowest BCUT2D eigenvalue weighted by Crippen LogP contribution is -2.17. The number of rotatable bonds is 4. The van der Waals surface area contributed by atoms with Gasteiger partial charge in [-0.1, -0.05) is 11.6 Å². The zero-order chi connectivity index (χ0) is 15.2. The van der Waals surface area contributed by atoms with Crippen LogP contribution in [0, 0.1) is 6.92 Å². The summed E-state index contributed by atoms with van der Waals surface area (Å²) in [6, 6.07) is 11.8. The molecule has 1 amide bonds. The molecular weight excluding hydrogens is 268 g/mol. The molecule has 0 radical (unpaired) electrons. The maximum absolute atomic E-state index is 11.9. The first-order chi connectivity index (χ1) is 10.1. The maximum atomic E-state index is 11.9. The van der Waals surface area contributed by atoms with Crippen molar-refractivity contribution in [3.05, 3.63) is 59.2 Å². The summed E-state index contributed by atoms with van der Waals surface area (Å²) in [5.74, 6) is 0.462. The van der Waals surface area contributed by atoms with Gasteiger partial charge in [0.1, 0.15) is 11.5 Å². The van der Waals surface area contributed by atoms with E-state index in [1.165, 1.54) is 6.21 Å². The SMILES string of the molecule is COc1ccc(C(=O)N/N=C/c2cc(C)ccc2O)cc1. The molecule has 0 atom stereocenters. The molecule has 21 heavy (non-hydrogen) atoms. The molecule has 2 aromatic carbocycles. The van der Waals surface area contributed by atoms with Crippen molar-refractivity contribution in [2.45, 2.75) is 6.92 Å². The van der Waals surface area contributed by atoms with E-state index in [4.69, 9.17) is 4.74 Å². The van der Waals surface area contributed by atoms with E-state index < -0.39 is 0 Å². The van der Waals surface area contributed by atoms with E-state index in [1.54, 1.807) is 49.6 Å². The van der Waals surface area contributed by atoms with Gasteiger partial charge in [-0.25, -0.2) is 5.43 Å². The second-order valence-corrected chi connectivity index (χ2v) is 4.49. The number of phenols is 1. The molecule has 0 saturated carbocycles. The Balaban J connectivity index is 2.02. The lowest BCUT2D eigenvalue weighted by molar-refractivity contribution is 0.0955. The monoisotopic (exact) mass is 284 g/mol. The van der Waals surface area contributed by atoms with Crippen LogP contribution in [0.5, 0.6) is 11.5 Å². The Hall–Kier alpha value is -2.82. The van der Waals surface area contributed by atoms with Gasteiger partial charge in [0.15, 0.2) is 0 Å². The van der Waals surface area contributed by atoms with Crippen LogP contribution in [0.4, 0.5) is 0 Å². The maximum Gasteiger partial charge on any atom is 0.271 e. The fourth-order valence-electron chi connectivity index (χ4n) is 1.74. The molecule has 5 heteroatoms. The van der Waals surface area contributed by atoms with E-state index in [0.29, 0.717) is 16.9 Å². The number of benzene rings is 2. The van der Waals surface area contributed by atoms with Crippen molar-refractivity contribution in [2.24, 2.45) is 5.10 Å². The number of aromatic hydroxyl groups is 1. The van der Waals surface area contributed by atoms with Crippen LogP contribution in [0.2, 0.25) is 0 Å². The Labute approximate surface area is 122 Å². The first kappa shape index (κ1) is 14.6. The zero-order valence-electron chi connectivity index (χ0n) is 11.8. The van der Waals surface area contributed by atoms with E-state index in [0.717, 1.165) is 5.56 Å². The molecule has 0 aromatic heterocycles. The zero-order valence-corrected chi connectivity index (χ0v) is 11.8.